The Bertz CT molecular complexity index is 517. The fraction of sp³-hybridized carbons (Fsp3) is 0.143. The lowest BCUT2D eigenvalue weighted by atomic mass is 9.98. The molecule has 2 aromatic carbocycles. The predicted octanol–water partition coefficient (Wildman–Crippen LogP) is 3.41. The van der Waals surface area contributed by atoms with E-state index in [0.29, 0.717) is 5.56 Å². The van der Waals surface area contributed by atoms with Crippen molar-refractivity contribution in [2.45, 2.75) is 6.04 Å². The maximum Gasteiger partial charge on any atom is 0.126 e. The van der Waals surface area contributed by atoms with Gasteiger partial charge in [0, 0.05) is 6.07 Å². The number of hydrogen-bond donors (Lipinski definition) is 1. The molecule has 1 unspecified atom stereocenters. The Kier molecular flexibility index (Phi) is 3.67. The molecule has 0 fully saturated rings. The Labute approximate surface area is 103 Å². The van der Waals surface area contributed by atoms with Crippen LogP contribution >= 0.6 is 0 Å². The number of benzene rings is 2. The van der Waals surface area contributed by atoms with E-state index >= 15 is 0 Å². The summed E-state index contributed by atoms with van der Waals surface area (Å²) < 4.78 is 39.2. The second-order valence-corrected chi connectivity index (χ2v) is 3.98. The summed E-state index contributed by atoms with van der Waals surface area (Å²) in [6, 6.07) is 8.75. The van der Waals surface area contributed by atoms with Crippen LogP contribution in [0.15, 0.2) is 42.5 Å². The van der Waals surface area contributed by atoms with Crippen molar-refractivity contribution in [3.05, 3.63) is 71.0 Å². The van der Waals surface area contributed by atoms with Crippen molar-refractivity contribution in [3.63, 3.8) is 0 Å². The maximum atomic E-state index is 13.2. The summed E-state index contributed by atoms with van der Waals surface area (Å²) in [5, 5.41) is 2.95. The van der Waals surface area contributed by atoms with Gasteiger partial charge < -0.3 is 5.32 Å². The highest BCUT2D eigenvalue weighted by Gasteiger charge is 2.14. The first-order valence-corrected chi connectivity index (χ1v) is 5.49. The van der Waals surface area contributed by atoms with Crippen LogP contribution in [0.1, 0.15) is 17.2 Å². The molecule has 0 aromatic heterocycles. The summed E-state index contributed by atoms with van der Waals surface area (Å²) in [4.78, 5) is 0. The Morgan fingerprint density at radius 1 is 0.778 bits per heavy atom. The number of nitrogens with one attached hydrogen (secondary N) is 1. The van der Waals surface area contributed by atoms with Gasteiger partial charge in [-0.1, -0.05) is 12.1 Å². The van der Waals surface area contributed by atoms with Crippen LogP contribution in [0.5, 0.6) is 0 Å². The number of rotatable bonds is 3. The Morgan fingerprint density at radius 2 is 1.33 bits per heavy atom. The molecule has 2 aromatic rings. The van der Waals surface area contributed by atoms with E-state index in [2.05, 4.69) is 5.32 Å². The SMILES string of the molecule is CNC(c1ccc(F)cc1)c1cc(F)cc(F)c1. The zero-order valence-corrected chi connectivity index (χ0v) is 9.75. The first-order chi connectivity index (χ1) is 8.60. The fourth-order valence-electron chi connectivity index (χ4n) is 1.92. The average molecular weight is 251 g/mol. The lowest BCUT2D eigenvalue weighted by Gasteiger charge is -2.17. The van der Waals surface area contributed by atoms with Gasteiger partial charge in [0.15, 0.2) is 0 Å². The average Bonchev–Trinajstić information content (AvgIpc) is 2.31. The first kappa shape index (κ1) is 12.6. The molecule has 0 saturated heterocycles. The van der Waals surface area contributed by atoms with E-state index in [-0.39, 0.29) is 11.9 Å². The zero-order chi connectivity index (χ0) is 13.1. The lowest BCUT2D eigenvalue weighted by molar-refractivity contribution is 0.571. The molecule has 2 rings (SSSR count). The monoisotopic (exact) mass is 251 g/mol. The molecule has 1 atom stereocenters. The molecule has 0 spiro atoms. The highest BCUT2D eigenvalue weighted by Crippen LogP contribution is 2.23. The van der Waals surface area contributed by atoms with Gasteiger partial charge >= 0.3 is 0 Å². The van der Waals surface area contributed by atoms with Gasteiger partial charge in [0.2, 0.25) is 0 Å². The zero-order valence-electron chi connectivity index (χ0n) is 9.75. The van der Waals surface area contributed by atoms with Crippen LogP contribution < -0.4 is 5.32 Å². The third-order valence-electron chi connectivity index (χ3n) is 2.71. The third kappa shape index (κ3) is 2.71. The Morgan fingerprint density at radius 3 is 1.83 bits per heavy atom. The predicted molar refractivity (Wildman–Crippen MR) is 63.7 cm³/mol. The van der Waals surface area contributed by atoms with Crippen LogP contribution in [0.2, 0.25) is 0 Å². The van der Waals surface area contributed by atoms with Gasteiger partial charge in [-0.15, -0.1) is 0 Å². The topological polar surface area (TPSA) is 12.0 Å². The highest BCUT2D eigenvalue weighted by molar-refractivity contribution is 5.32. The van der Waals surface area contributed by atoms with E-state index in [1.165, 1.54) is 24.3 Å². The summed E-state index contributed by atoms with van der Waals surface area (Å²) in [6.07, 6.45) is 0. The van der Waals surface area contributed by atoms with Crippen molar-refractivity contribution in [2.75, 3.05) is 7.05 Å². The number of halogens is 3. The molecule has 94 valence electrons. The molecule has 0 aliphatic rings. The molecule has 0 aliphatic heterocycles. The van der Waals surface area contributed by atoms with Crippen LogP contribution in [-0.4, -0.2) is 7.05 Å². The minimum Gasteiger partial charge on any atom is -0.309 e. The molecule has 0 saturated carbocycles. The van der Waals surface area contributed by atoms with E-state index in [1.807, 2.05) is 0 Å². The largest absolute Gasteiger partial charge is 0.309 e. The van der Waals surface area contributed by atoms with Crippen molar-refractivity contribution < 1.29 is 13.2 Å². The molecular formula is C14H12F3N. The Hall–Kier alpha value is -1.81. The third-order valence-corrected chi connectivity index (χ3v) is 2.71. The highest BCUT2D eigenvalue weighted by atomic mass is 19.1. The Balaban J connectivity index is 2.41. The van der Waals surface area contributed by atoms with E-state index < -0.39 is 11.6 Å². The van der Waals surface area contributed by atoms with Crippen LogP contribution in [0, 0.1) is 17.5 Å². The van der Waals surface area contributed by atoms with Crippen LogP contribution in [-0.2, 0) is 0 Å². The van der Waals surface area contributed by atoms with E-state index in [4.69, 9.17) is 0 Å². The van der Waals surface area contributed by atoms with Crippen LogP contribution in [0.25, 0.3) is 0 Å². The number of hydrogen-bond acceptors (Lipinski definition) is 1. The molecule has 0 bridgehead atoms. The van der Waals surface area contributed by atoms with Gasteiger partial charge in [-0.3, -0.25) is 0 Å². The van der Waals surface area contributed by atoms with Crippen LogP contribution in [0.3, 0.4) is 0 Å². The quantitative estimate of drug-likeness (QED) is 0.881. The molecule has 0 amide bonds. The van der Waals surface area contributed by atoms with Crippen molar-refractivity contribution >= 4 is 0 Å². The molecule has 1 nitrogen and oxygen atoms in total. The summed E-state index contributed by atoms with van der Waals surface area (Å²) >= 11 is 0. The van der Waals surface area contributed by atoms with Gasteiger partial charge in [0.1, 0.15) is 17.5 Å². The molecule has 18 heavy (non-hydrogen) atoms. The normalized spacial score (nSPS) is 12.4. The molecule has 4 heteroatoms. The maximum absolute atomic E-state index is 13.2. The van der Waals surface area contributed by atoms with E-state index in [9.17, 15) is 13.2 Å². The summed E-state index contributed by atoms with van der Waals surface area (Å²) in [7, 11) is 1.68. The van der Waals surface area contributed by atoms with E-state index in [0.717, 1.165) is 11.6 Å². The smallest absolute Gasteiger partial charge is 0.126 e. The van der Waals surface area contributed by atoms with Crippen molar-refractivity contribution in [2.24, 2.45) is 0 Å². The molecule has 1 N–H and O–H groups in total. The van der Waals surface area contributed by atoms with Gasteiger partial charge in [0.05, 0.1) is 6.04 Å². The van der Waals surface area contributed by atoms with Crippen molar-refractivity contribution in [1.82, 2.24) is 5.32 Å². The second kappa shape index (κ2) is 5.23. The standard InChI is InChI=1S/C14H12F3N/c1-18-14(9-2-4-11(15)5-3-9)10-6-12(16)8-13(17)7-10/h2-8,14,18H,1H3. The van der Waals surface area contributed by atoms with Crippen molar-refractivity contribution in [1.29, 1.82) is 0 Å². The van der Waals surface area contributed by atoms with Crippen molar-refractivity contribution in [3.8, 4) is 0 Å². The van der Waals surface area contributed by atoms with Gasteiger partial charge in [-0.05, 0) is 42.4 Å². The minimum atomic E-state index is -0.632. The molecule has 0 radical (unpaired) electrons. The van der Waals surface area contributed by atoms with Gasteiger partial charge in [-0.25, -0.2) is 13.2 Å². The second-order valence-electron chi connectivity index (χ2n) is 3.98. The summed E-state index contributed by atoms with van der Waals surface area (Å²) in [5.74, 6) is -1.61. The fourth-order valence-corrected chi connectivity index (χ4v) is 1.92. The lowest BCUT2D eigenvalue weighted by Crippen LogP contribution is -2.18. The van der Waals surface area contributed by atoms with E-state index in [1.54, 1.807) is 19.2 Å². The molecular weight excluding hydrogens is 239 g/mol. The minimum absolute atomic E-state index is 0.348. The summed E-state index contributed by atoms with van der Waals surface area (Å²) in [5.41, 5.74) is 1.20. The molecule has 0 heterocycles. The van der Waals surface area contributed by atoms with Gasteiger partial charge in [-0.2, -0.15) is 0 Å². The van der Waals surface area contributed by atoms with Crippen LogP contribution in [0.4, 0.5) is 13.2 Å². The first-order valence-electron chi connectivity index (χ1n) is 5.49. The summed E-state index contributed by atoms with van der Waals surface area (Å²) in [6.45, 7) is 0. The molecule has 0 aliphatic carbocycles. The van der Waals surface area contributed by atoms with Gasteiger partial charge in [0.25, 0.3) is 0 Å².